The number of halogens is 3. The smallest absolute Gasteiger partial charge is 0.459 e. The summed E-state index contributed by atoms with van der Waals surface area (Å²) in [4.78, 5) is 24.4. The number of imidazole rings is 1. The van der Waals surface area contributed by atoms with Gasteiger partial charge in [-0.05, 0) is 39.3 Å². The summed E-state index contributed by atoms with van der Waals surface area (Å²) in [5, 5.41) is 2.64. The summed E-state index contributed by atoms with van der Waals surface area (Å²) in [6, 6.07) is 7.06. The molecule has 0 spiro atoms. The van der Waals surface area contributed by atoms with Crippen molar-refractivity contribution in [2.45, 2.75) is 51.6 Å². The van der Waals surface area contributed by atoms with Gasteiger partial charge < -0.3 is 24.3 Å². The summed E-state index contributed by atoms with van der Waals surface area (Å²) >= 11 is 0. The lowest BCUT2D eigenvalue weighted by Gasteiger charge is -2.24. The molecule has 0 radical (unpaired) electrons. The molecule has 222 valence electrons. The summed E-state index contributed by atoms with van der Waals surface area (Å²) in [7, 11) is -4.05. The number of fused-ring (bicyclic) bond motifs is 1. The molecule has 0 bridgehead atoms. The maximum atomic E-state index is 13.7. The monoisotopic (exact) mass is 598 g/mol. The number of para-hydroxylation sites is 1. The van der Waals surface area contributed by atoms with Crippen molar-refractivity contribution in [3.05, 3.63) is 48.8 Å². The van der Waals surface area contributed by atoms with Crippen LogP contribution in [0.4, 0.5) is 19.1 Å². The van der Waals surface area contributed by atoms with Gasteiger partial charge in [-0.15, -0.1) is 0 Å². The molecule has 1 aliphatic rings. The second-order valence-corrected chi connectivity index (χ2v) is 11.3. The van der Waals surface area contributed by atoms with Gasteiger partial charge in [0.1, 0.15) is 11.8 Å². The highest BCUT2D eigenvalue weighted by molar-refractivity contribution is 7.52. The fourth-order valence-corrected chi connectivity index (χ4v) is 5.56. The molecule has 0 saturated heterocycles. The van der Waals surface area contributed by atoms with Crippen molar-refractivity contribution in [3.8, 4) is 11.6 Å². The Morgan fingerprint density at radius 2 is 1.93 bits per heavy atom. The van der Waals surface area contributed by atoms with E-state index in [9.17, 15) is 22.5 Å². The van der Waals surface area contributed by atoms with E-state index in [1.165, 1.54) is 13.3 Å². The number of nitrogens with zero attached hydrogens (tertiary/aromatic N) is 4. The zero-order chi connectivity index (χ0) is 29.8. The Labute approximate surface area is 233 Å². The number of alkyl halides is 3. The van der Waals surface area contributed by atoms with Gasteiger partial charge in [-0.3, -0.25) is 9.32 Å². The highest BCUT2D eigenvalue weighted by Gasteiger charge is 2.35. The van der Waals surface area contributed by atoms with Crippen LogP contribution in [0.15, 0.2) is 48.8 Å². The topological polar surface area (TPSA) is 153 Å². The highest BCUT2D eigenvalue weighted by Crippen LogP contribution is 2.46. The van der Waals surface area contributed by atoms with E-state index in [4.69, 9.17) is 24.3 Å². The molecule has 1 aliphatic carbocycles. The molecular weight excluding hydrogens is 568 g/mol. The van der Waals surface area contributed by atoms with Crippen LogP contribution in [0.1, 0.15) is 33.2 Å². The number of rotatable bonds is 12. The van der Waals surface area contributed by atoms with Gasteiger partial charge in [0.15, 0.2) is 17.8 Å². The average molecular weight is 599 g/mol. The molecule has 0 fully saturated rings. The molecule has 16 heteroatoms. The Balaban J connectivity index is 1.45. The van der Waals surface area contributed by atoms with Crippen molar-refractivity contribution in [3.63, 3.8) is 0 Å². The summed E-state index contributed by atoms with van der Waals surface area (Å²) in [5.41, 5.74) is 5.95. The third-order valence-corrected chi connectivity index (χ3v) is 7.41. The molecule has 1 aromatic carbocycles. The minimum Gasteiger partial charge on any atom is -0.466 e. The number of nitrogens with two attached hydrogens (primary N) is 1. The number of allylic oxidation sites excluding steroid dienone is 1. The number of hydrogen-bond donors (Lipinski definition) is 2. The predicted molar refractivity (Wildman–Crippen MR) is 142 cm³/mol. The number of esters is 1. The summed E-state index contributed by atoms with van der Waals surface area (Å²) in [5.74, 6) is -1.23. The van der Waals surface area contributed by atoms with Crippen LogP contribution in [-0.2, 0) is 18.6 Å². The maximum Gasteiger partial charge on any atom is 0.459 e. The molecule has 4 rings (SSSR count). The number of aromatic nitrogens is 4. The first-order chi connectivity index (χ1) is 19.3. The van der Waals surface area contributed by atoms with Gasteiger partial charge in [-0.25, -0.2) is 9.55 Å². The van der Waals surface area contributed by atoms with Crippen LogP contribution in [0, 0.1) is 5.92 Å². The fraction of sp³-hybridized carbons (Fsp3) is 0.440. The van der Waals surface area contributed by atoms with Gasteiger partial charge in [0.2, 0.25) is 11.8 Å². The molecule has 12 nitrogen and oxygen atoms in total. The zero-order valence-corrected chi connectivity index (χ0v) is 23.3. The Morgan fingerprint density at radius 3 is 2.61 bits per heavy atom. The number of hydrogen-bond acceptors (Lipinski definition) is 10. The molecule has 0 saturated carbocycles. The first-order valence-electron chi connectivity index (χ1n) is 12.7. The van der Waals surface area contributed by atoms with Gasteiger partial charge in [-0.1, -0.05) is 30.4 Å². The first kappa shape index (κ1) is 30.3. The lowest BCUT2D eigenvalue weighted by atomic mass is 10.1. The second-order valence-electron chi connectivity index (χ2n) is 9.60. The average Bonchev–Trinajstić information content (AvgIpc) is 3.53. The van der Waals surface area contributed by atoms with Crippen LogP contribution in [0.2, 0.25) is 0 Å². The number of ether oxygens (including phenoxy) is 2. The van der Waals surface area contributed by atoms with E-state index >= 15 is 0 Å². The SMILES string of the molecule is CC(C)OC(=O)[C@H](C)N[P@@](=O)(OC[C@@H]1C=C[C@H](n2cnc3c(OCC(F)(F)F)nc(N)nc32)C1)Oc1ccccc1. The van der Waals surface area contributed by atoms with Crippen molar-refractivity contribution in [1.29, 1.82) is 0 Å². The summed E-state index contributed by atoms with van der Waals surface area (Å²) in [6.07, 6.45) is 0.596. The van der Waals surface area contributed by atoms with E-state index in [-0.39, 0.29) is 53.4 Å². The normalized spacial score (nSPS) is 19.3. The van der Waals surface area contributed by atoms with Crippen LogP contribution < -0.4 is 20.1 Å². The highest BCUT2D eigenvalue weighted by atomic mass is 31.2. The number of nitrogens with one attached hydrogen (secondary N) is 1. The Hall–Kier alpha value is -3.68. The van der Waals surface area contributed by atoms with E-state index in [0.717, 1.165) is 0 Å². The van der Waals surface area contributed by atoms with Crippen molar-refractivity contribution in [2.75, 3.05) is 18.9 Å². The van der Waals surface area contributed by atoms with E-state index in [1.54, 1.807) is 48.7 Å². The van der Waals surface area contributed by atoms with Crippen molar-refractivity contribution in [2.24, 2.45) is 5.92 Å². The van der Waals surface area contributed by atoms with E-state index < -0.39 is 32.5 Å². The van der Waals surface area contributed by atoms with Crippen LogP contribution in [0.25, 0.3) is 11.2 Å². The number of carbonyl (C=O) groups is 1. The molecule has 0 unspecified atom stereocenters. The number of benzene rings is 1. The first-order valence-corrected chi connectivity index (χ1v) is 14.2. The molecule has 2 heterocycles. The standard InChI is InChI=1S/C25H30F3N6O6P/c1-15(2)39-23(35)16(3)33-41(36,40-19-7-5-4-6-8-19)38-12-17-9-10-18(11-17)34-14-30-20-21(34)31-24(29)32-22(20)37-13-25(26,27)28/h4-10,14-18H,11-13H2,1-3H3,(H,33,36)(H2,29,31,32)/t16-,17+,18-,41+/m0/s1. The molecule has 0 aliphatic heterocycles. The Bertz CT molecular complexity index is 1430. The van der Waals surface area contributed by atoms with E-state index in [2.05, 4.69) is 20.0 Å². The van der Waals surface area contributed by atoms with Crippen LogP contribution in [-0.4, -0.2) is 57.0 Å². The predicted octanol–water partition coefficient (Wildman–Crippen LogP) is 4.60. The van der Waals surface area contributed by atoms with E-state index in [0.29, 0.717) is 6.42 Å². The molecule has 3 aromatic rings. The molecule has 41 heavy (non-hydrogen) atoms. The molecule has 0 amide bonds. The third-order valence-electron chi connectivity index (χ3n) is 5.77. The zero-order valence-electron chi connectivity index (χ0n) is 22.4. The quantitative estimate of drug-likeness (QED) is 0.171. The minimum absolute atomic E-state index is 0.0313. The van der Waals surface area contributed by atoms with Crippen molar-refractivity contribution >= 4 is 30.8 Å². The van der Waals surface area contributed by atoms with Crippen LogP contribution in [0.3, 0.4) is 0 Å². The summed E-state index contributed by atoms with van der Waals surface area (Å²) in [6.45, 7) is 3.29. The van der Waals surface area contributed by atoms with Crippen LogP contribution >= 0.6 is 7.75 Å². The summed E-state index contributed by atoms with van der Waals surface area (Å²) < 4.78 is 74.8. The lowest BCUT2D eigenvalue weighted by Crippen LogP contribution is -2.36. The maximum absolute atomic E-state index is 13.7. The van der Waals surface area contributed by atoms with Gasteiger partial charge >= 0.3 is 19.9 Å². The molecule has 4 atom stereocenters. The fourth-order valence-electron chi connectivity index (χ4n) is 4.01. The number of carbonyl (C=O) groups excluding carboxylic acids is 1. The van der Waals surface area contributed by atoms with Gasteiger partial charge in [-0.2, -0.15) is 28.2 Å². The Morgan fingerprint density at radius 1 is 1.20 bits per heavy atom. The minimum atomic E-state index is -4.57. The number of anilines is 1. The van der Waals surface area contributed by atoms with Crippen molar-refractivity contribution < 1.29 is 41.1 Å². The van der Waals surface area contributed by atoms with Crippen molar-refractivity contribution in [1.82, 2.24) is 24.6 Å². The second kappa shape index (κ2) is 12.5. The molecule has 2 aromatic heterocycles. The van der Waals surface area contributed by atoms with E-state index in [1.807, 2.05) is 12.2 Å². The third kappa shape index (κ3) is 8.18. The number of nitrogen functional groups attached to an aromatic ring is 1. The lowest BCUT2D eigenvalue weighted by molar-refractivity contribution is -0.154. The van der Waals surface area contributed by atoms with Gasteiger partial charge in [0.25, 0.3) is 0 Å². The van der Waals surface area contributed by atoms with Gasteiger partial charge in [0, 0.05) is 5.92 Å². The molecule has 3 N–H and O–H groups in total. The molecular formula is C25H30F3N6O6P. The Kier molecular flexibility index (Phi) is 9.20. The van der Waals surface area contributed by atoms with Gasteiger partial charge in [0.05, 0.1) is 25.1 Å². The van der Waals surface area contributed by atoms with Crippen LogP contribution in [0.5, 0.6) is 11.6 Å². The largest absolute Gasteiger partial charge is 0.466 e.